The van der Waals surface area contributed by atoms with E-state index in [1.807, 2.05) is 42.1 Å². The van der Waals surface area contributed by atoms with E-state index in [9.17, 15) is 4.79 Å². The second kappa shape index (κ2) is 6.65. The van der Waals surface area contributed by atoms with Gasteiger partial charge >= 0.3 is 5.97 Å². The zero-order valence-electron chi connectivity index (χ0n) is 16.2. The van der Waals surface area contributed by atoms with Gasteiger partial charge in [0.25, 0.3) is 0 Å². The average molecular weight is 368 g/mol. The second-order valence-electron chi connectivity index (χ2n) is 7.51. The van der Waals surface area contributed by atoms with E-state index in [2.05, 4.69) is 31.8 Å². The number of methoxy groups -OCH3 is 1. The van der Waals surface area contributed by atoms with Gasteiger partial charge in [-0.3, -0.25) is 4.79 Å². The lowest BCUT2D eigenvalue weighted by molar-refractivity contribution is -0.131. The van der Waals surface area contributed by atoms with Crippen LogP contribution in [-0.4, -0.2) is 25.7 Å². The highest BCUT2D eigenvalue weighted by Gasteiger charge is 2.32. The Morgan fingerprint density at radius 2 is 1.69 bits per heavy atom. The van der Waals surface area contributed by atoms with Gasteiger partial charge in [-0.2, -0.15) is 0 Å². The van der Waals surface area contributed by atoms with Gasteiger partial charge in [-0.15, -0.1) is 0 Å². The second-order valence-corrected chi connectivity index (χ2v) is 12.5. The molecule has 0 amide bonds. The number of aryl methyl sites for hydroxylation is 1. The largest absolute Gasteiger partial charge is 0.495 e. The summed E-state index contributed by atoms with van der Waals surface area (Å²) in [5.74, 6) is 1.18. The molecule has 0 aliphatic rings. The summed E-state index contributed by atoms with van der Waals surface area (Å²) in [6.07, 6.45) is 1.98. The molecule has 4 nitrogen and oxygen atoms in total. The van der Waals surface area contributed by atoms with E-state index in [-0.39, 0.29) is 5.97 Å². The first-order chi connectivity index (χ1) is 12.3. The van der Waals surface area contributed by atoms with Crippen LogP contribution < -0.4 is 14.7 Å². The molecular weight excluding hydrogens is 342 g/mol. The van der Waals surface area contributed by atoms with Crippen LogP contribution in [0.1, 0.15) is 6.92 Å². The Labute approximate surface area is 155 Å². The molecular formula is C21H25NO3Si. The number of aromatic nitrogens is 1. The van der Waals surface area contributed by atoms with Crippen molar-refractivity contribution < 1.29 is 14.3 Å². The monoisotopic (exact) mass is 367 g/mol. The molecule has 5 heteroatoms. The van der Waals surface area contributed by atoms with E-state index in [0.717, 1.165) is 33.0 Å². The minimum absolute atomic E-state index is 0.320. The molecule has 0 fully saturated rings. The topological polar surface area (TPSA) is 40.5 Å². The number of hydrogen-bond donors (Lipinski definition) is 0. The Balaban J connectivity index is 2.57. The number of esters is 1. The van der Waals surface area contributed by atoms with Gasteiger partial charge in [0.2, 0.25) is 0 Å². The van der Waals surface area contributed by atoms with Crippen molar-refractivity contribution in [2.24, 2.45) is 7.05 Å². The van der Waals surface area contributed by atoms with Crippen LogP contribution in [0.4, 0.5) is 0 Å². The Hall–Kier alpha value is -2.53. The molecule has 0 saturated carbocycles. The number of fused-ring (bicyclic) bond motifs is 1. The first-order valence-electron chi connectivity index (χ1n) is 8.69. The van der Waals surface area contributed by atoms with Crippen LogP contribution in [0.15, 0.2) is 42.6 Å². The Kier molecular flexibility index (Phi) is 4.67. The molecule has 0 atom stereocenters. The lowest BCUT2D eigenvalue weighted by atomic mass is 10.0. The zero-order chi connectivity index (χ0) is 19.1. The van der Waals surface area contributed by atoms with E-state index in [1.54, 1.807) is 7.11 Å². The lowest BCUT2D eigenvalue weighted by Gasteiger charge is -2.27. The van der Waals surface area contributed by atoms with Crippen molar-refractivity contribution in [3.8, 4) is 22.6 Å². The summed E-state index contributed by atoms with van der Waals surface area (Å²) in [6, 6.07) is 12.1. The number of ether oxygens (including phenoxy) is 2. The van der Waals surface area contributed by atoms with Crippen LogP contribution in [0.5, 0.6) is 11.5 Å². The summed E-state index contributed by atoms with van der Waals surface area (Å²) in [6.45, 7) is 8.29. The van der Waals surface area contributed by atoms with Crippen molar-refractivity contribution in [1.82, 2.24) is 4.57 Å². The third-order valence-corrected chi connectivity index (χ3v) is 6.48. The van der Waals surface area contributed by atoms with Crippen LogP contribution in [-0.2, 0) is 11.8 Å². The molecule has 0 unspecified atom stereocenters. The number of nitrogens with zero attached hydrogens (tertiary/aromatic N) is 1. The summed E-state index contributed by atoms with van der Waals surface area (Å²) in [5, 5.41) is 2.05. The van der Waals surface area contributed by atoms with Gasteiger partial charge in [0, 0.05) is 31.1 Å². The van der Waals surface area contributed by atoms with Crippen LogP contribution in [0.25, 0.3) is 22.0 Å². The van der Waals surface area contributed by atoms with Gasteiger partial charge in [0.15, 0.2) is 0 Å². The van der Waals surface area contributed by atoms with E-state index in [4.69, 9.17) is 9.47 Å². The Bertz CT molecular complexity index is 969. The van der Waals surface area contributed by atoms with Crippen LogP contribution >= 0.6 is 0 Å². The fourth-order valence-corrected chi connectivity index (χ4v) is 5.43. The van der Waals surface area contributed by atoms with Gasteiger partial charge in [0.05, 0.1) is 20.7 Å². The number of carbonyl (C=O) groups is 1. The molecule has 136 valence electrons. The zero-order valence-corrected chi connectivity index (χ0v) is 17.2. The van der Waals surface area contributed by atoms with Gasteiger partial charge in [-0.05, 0) is 16.8 Å². The lowest BCUT2D eigenvalue weighted by Crippen LogP contribution is -2.40. The number of rotatable bonds is 4. The van der Waals surface area contributed by atoms with Crippen LogP contribution in [0.3, 0.4) is 0 Å². The predicted molar refractivity (Wildman–Crippen MR) is 109 cm³/mol. The molecule has 3 rings (SSSR count). The number of benzene rings is 2. The fraction of sp³-hybridized carbons (Fsp3) is 0.286. The van der Waals surface area contributed by atoms with E-state index >= 15 is 0 Å². The fourth-order valence-electron chi connectivity index (χ4n) is 3.52. The van der Waals surface area contributed by atoms with Crippen molar-refractivity contribution in [3.05, 3.63) is 42.6 Å². The molecule has 0 saturated heterocycles. The van der Waals surface area contributed by atoms with Crippen LogP contribution in [0, 0.1) is 0 Å². The maximum atomic E-state index is 11.9. The summed E-state index contributed by atoms with van der Waals surface area (Å²) in [4.78, 5) is 11.9. The smallest absolute Gasteiger partial charge is 0.308 e. The Morgan fingerprint density at radius 1 is 1.04 bits per heavy atom. The minimum atomic E-state index is -1.85. The average Bonchev–Trinajstić information content (AvgIpc) is 2.96. The summed E-state index contributed by atoms with van der Waals surface area (Å²) in [5.41, 5.74) is 2.96. The third kappa shape index (κ3) is 3.03. The van der Waals surface area contributed by atoms with Crippen molar-refractivity contribution in [1.29, 1.82) is 0 Å². The van der Waals surface area contributed by atoms with Crippen molar-refractivity contribution in [3.63, 3.8) is 0 Å². The number of hydrogen-bond acceptors (Lipinski definition) is 3. The van der Waals surface area contributed by atoms with Crippen molar-refractivity contribution >= 4 is 30.1 Å². The van der Waals surface area contributed by atoms with E-state index < -0.39 is 8.07 Å². The highest BCUT2D eigenvalue weighted by molar-refractivity contribution is 6.90. The highest BCUT2D eigenvalue weighted by atomic mass is 28.3. The molecule has 0 aliphatic carbocycles. The minimum Gasteiger partial charge on any atom is -0.495 e. The van der Waals surface area contributed by atoms with Crippen molar-refractivity contribution in [2.75, 3.05) is 7.11 Å². The van der Waals surface area contributed by atoms with Gasteiger partial charge in [-0.25, -0.2) is 0 Å². The molecule has 3 aromatic rings. The molecule has 0 aliphatic heterocycles. The van der Waals surface area contributed by atoms with Gasteiger partial charge in [-0.1, -0.05) is 50.0 Å². The standard InChI is InChI=1S/C21H25NO3Si/c1-14(23)25-19-16-12-13-22(2)18(16)20(24-3)21(26(4,5)6)17(19)15-10-8-7-9-11-15/h7-13H,1-6H3. The predicted octanol–water partition coefficient (Wildman–Crippen LogP) is 4.32. The van der Waals surface area contributed by atoms with E-state index in [0.29, 0.717) is 5.75 Å². The maximum absolute atomic E-state index is 11.9. The first kappa shape index (κ1) is 18.3. The molecule has 0 spiro atoms. The molecule has 26 heavy (non-hydrogen) atoms. The van der Waals surface area contributed by atoms with Crippen LogP contribution in [0.2, 0.25) is 19.6 Å². The summed E-state index contributed by atoms with van der Waals surface area (Å²) >= 11 is 0. The van der Waals surface area contributed by atoms with Crippen molar-refractivity contribution in [2.45, 2.75) is 26.6 Å². The molecule has 2 aromatic carbocycles. The number of carbonyl (C=O) groups excluding carboxylic acids is 1. The van der Waals surface area contributed by atoms with Gasteiger partial charge in [0.1, 0.15) is 11.5 Å². The quantitative estimate of drug-likeness (QED) is 0.392. The molecule has 0 N–H and O–H groups in total. The van der Waals surface area contributed by atoms with E-state index in [1.165, 1.54) is 6.92 Å². The highest BCUT2D eigenvalue weighted by Crippen LogP contribution is 2.42. The first-order valence-corrected chi connectivity index (χ1v) is 12.2. The summed E-state index contributed by atoms with van der Waals surface area (Å²) in [7, 11) is 1.85. The SMILES string of the molecule is COc1c([Si](C)(C)C)c(-c2ccccc2)c(OC(C)=O)c2ccn(C)c12. The van der Waals surface area contributed by atoms with Gasteiger partial charge < -0.3 is 14.0 Å². The normalized spacial score (nSPS) is 11.6. The molecule has 1 aromatic heterocycles. The molecule has 0 bridgehead atoms. The third-order valence-electron chi connectivity index (χ3n) is 4.50. The molecule has 1 heterocycles. The Morgan fingerprint density at radius 3 is 2.23 bits per heavy atom. The molecule has 0 radical (unpaired) electrons. The maximum Gasteiger partial charge on any atom is 0.308 e. The summed E-state index contributed by atoms with van der Waals surface area (Å²) < 4.78 is 13.7.